The molecule has 1 aliphatic heterocycles. The third kappa shape index (κ3) is 4.19. The van der Waals surface area contributed by atoms with Gasteiger partial charge in [0.2, 0.25) is 5.95 Å². The van der Waals surface area contributed by atoms with Gasteiger partial charge in [-0.25, -0.2) is 15.0 Å². The molecule has 0 aliphatic carbocycles. The Hall–Kier alpha value is -3.17. The standard InChI is InChI=1S/C22H25N7OS/c1-13(2)26-18-8-21(27-14-3-4-17-20(7-14)31-12-25-17)23-9-16(18)19-10-24-22(28-19)29-6-5-15(30)11-29/h3-4,7-10,12-13,15,30H,5-6,11H2,1-2H3,(H,24,28)(H2,23,26,27). The summed E-state index contributed by atoms with van der Waals surface area (Å²) in [6, 6.07) is 8.39. The zero-order chi connectivity index (χ0) is 21.4. The fraction of sp³-hybridized carbons (Fsp3) is 0.318. The number of thiazole rings is 1. The van der Waals surface area contributed by atoms with Gasteiger partial charge in [0, 0.05) is 48.3 Å². The first kappa shape index (κ1) is 19.8. The van der Waals surface area contributed by atoms with Gasteiger partial charge >= 0.3 is 0 Å². The lowest BCUT2D eigenvalue weighted by Crippen LogP contribution is -2.22. The molecule has 0 spiro atoms. The monoisotopic (exact) mass is 435 g/mol. The van der Waals surface area contributed by atoms with Gasteiger partial charge in [-0.15, -0.1) is 11.3 Å². The second-order valence-corrected chi connectivity index (χ2v) is 8.97. The van der Waals surface area contributed by atoms with Gasteiger partial charge in [0.05, 0.1) is 33.7 Å². The molecule has 160 valence electrons. The van der Waals surface area contributed by atoms with Gasteiger partial charge in [-0.2, -0.15) is 0 Å². The SMILES string of the molecule is CC(C)Nc1cc(Nc2ccc3ncsc3c2)ncc1-c1cnc(N2CCC(O)C2)[nH]1. The molecule has 8 nitrogen and oxygen atoms in total. The van der Waals surface area contributed by atoms with Crippen LogP contribution in [0.3, 0.4) is 0 Å². The van der Waals surface area contributed by atoms with Gasteiger partial charge in [-0.1, -0.05) is 0 Å². The van der Waals surface area contributed by atoms with Crippen molar-refractivity contribution in [1.29, 1.82) is 0 Å². The number of hydrogen-bond donors (Lipinski definition) is 4. The highest BCUT2D eigenvalue weighted by Gasteiger charge is 2.23. The number of anilines is 4. The number of pyridine rings is 1. The van der Waals surface area contributed by atoms with Crippen molar-refractivity contribution in [3.8, 4) is 11.3 Å². The summed E-state index contributed by atoms with van der Waals surface area (Å²) in [6.45, 7) is 5.63. The van der Waals surface area contributed by atoms with Crippen LogP contribution >= 0.6 is 11.3 Å². The molecule has 1 atom stereocenters. The second-order valence-electron chi connectivity index (χ2n) is 8.08. The average Bonchev–Trinajstić information content (AvgIpc) is 3.47. The fourth-order valence-electron chi connectivity index (χ4n) is 3.79. The van der Waals surface area contributed by atoms with Crippen LogP contribution in [0.2, 0.25) is 0 Å². The van der Waals surface area contributed by atoms with E-state index in [2.05, 4.69) is 55.4 Å². The maximum absolute atomic E-state index is 9.81. The third-order valence-electron chi connectivity index (χ3n) is 5.27. The largest absolute Gasteiger partial charge is 0.391 e. The van der Waals surface area contributed by atoms with Crippen molar-refractivity contribution in [1.82, 2.24) is 19.9 Å². The van der Waals surface area contributed by atoms with Crippen molar-refractivity contribution in [2.45, 2.75) is 32.4 Å². The van der Waals surface area contributed by atoms with Crippen LogP contribution in [0.15, 0.2) is 42.2 Å². The number of aliphatic hydroxyl groups excluding tert-OH is 1. The molecule has 4 heterocycles. The smallest absolute Gasteiger partial charge is 0.203 e. The Morgan fingerprint density at radius 1 is 1.19 bits per heavy atom. The summed E-state index contributed by atoms with van der Waals surface area (Å²) in [6.07, 6.45) is 4.16. The number of H-pyrrole nitrogens is 1. The molecule has 0 saturated carbocycles. The van der Waals surface area contributed by atoms with E-state index in [-0.39, 0.29) is 12.1 Å². The van der Waals surface area contributed by atoms with Gasteiger partial charge < -0.3 is 25.6 Å². The van der Waals surface area contributed by atoms with Gasteiger partial charge in [-0.3, -0.25) is 0 Å². The summed E-state index contributed by atoms with van der Waals surface area (Å²) < 4.78 is 1.14. The van der Waals surface area contributed by atoms with Crippen LogP contribution in [-0.2, 0) is 0 Å². The highest BCUT2D eigenvalue weighted by Crippen LogP contribution is 2.32. The Balaban J connectivity index is 1.43. The first-order chi connectivity index (χ1) is 15.0. The Morgan fingerprint density at radius 2 is 2.10 bits per heavy atom. The summed E-state index contributed by atoms with van der Waals surface area (Å²) in [5.74, 6) is 1.54. The molecule has 4 N–H and O–H groups in total. The maximum Gasteiger partial charge on any atom is 0.203 e. The van der Waals surface area contributed by atoms with Crippen LogP contribution < -0.4 is 15.5 Å². The van der Waals surface area contributed by atoms with Gasteiger partial charge in [0.1, 0.15) is 5.82 Å². The minimum atomic E-state index is -0.289. The lowest BCUT2D eigenvalue weighted by molar-refractivity contribution is 0.198. The Bertz CT molecular complexity index is 1200. The quantitative estimate of drug-likeness (QED) is 0.360. The second kappa shape index (κ2) is 8.16. The zero-order valence-electron chi connectivity index (χ0n) is 17.5. The van der Waals surface area contributed by atoms with Crippen molar-refractivity contribution in [3.05, 3.63) is 42.2 Å². The number of β-amino-alcohol motifs (C(OH)–C–C–N with tert-alkyl or cyclic N) is 1. The Morgan fingerprint density at radius 3 is 2.90 bits per heavy atom. The first-order valence-corrected chi connectivity index (χ1v) is 11.3. The number of aromatic nitrogens is 4. The summed E-state index contributed by atoms with van der Waals surface area (Å²) in [5, 5.41) is 16.7. The maximum atomic E-state index is 9.81. The molecule has 1 saturated heterocycles. The topological polar surface area (TPSA) is 102 Å². The van der Waals surface area contributed by atoms with E-state index in [1.54, 1.807) is 11.3 Å². The van der Waals surface area contributed by atoms with Crippen molar-refractivity contribution in [3.63, 3.8) is 0 Å². The summed E-state index contributed by atoms with van der Waals surface area (Å²) in [7, 11) is 0. The molecule has 1 fully saturated rings. The Labute approximate surface area is 184 Å². The van der Waals surface area contributed by atoms with E-state index in [0.29, 0.717) is 6.54 Å². The molecule has 9 heteroatoms. The number of aromatic amines is 1. The van der Waals surface area contributed by atoms with Gasteiger partial charge in [-0.05, 0) is 38.5 Å². The normalized spacial score (nSPS) is 16.4. The summed E-state index contributed by atoms with van der Waals surface area (Å²) in [4.78, 5) is 19.0. The van der Waals surface area contributed by atoms with Crippen LogP contribution in [0.5, 0.6) is 0 Å². The number of fused-ring (bicyclic) bond motifs is 1. The zero-order valence-corrected chi connectivity index (χ0v) is 18.3. The van der Waals surface area contributed by atoms with E-state index in [1.807, 2.05) is 36.1 Å². The van der Waals surface area contributed by atoms with Crippen LogP contribution in [0.4, 0.5) is 23.1 Å². The molecule has 1 aliphatic rings. The van der Waals surface area contributed by atoms with Crippen molar-refractivity contribution >= 4 is 44.7 Å². The van der Waals surface area contributed by atoms with Crippen molar-refractivity contribution in [2.75, 3.05) is 28.6 Å². The molecule has 0 amide bonds. The van der Waals surface area contributed by atoms with Crippen LogP contribution in [0.1, 0.15) is 20.3 Å². The highest BCUT2D eigenvalue weighted by atomic mass is 32.1. The minimum absolute atomic E-state index is 0.263. The number of rotatable bonds is 6. The molecular weight excluding hydrogens is 410 g/mol. The van der Waals surface area contributed by atoms with Crippen molar-refractivity contribution in [2.24, 2.45) is 0 Å². The van der Waals surface area contributed by atoms with E-state index in [4.69, 9.17) is 0 Å². The number of benzene rings is 1. The summed E-state index contributed by atoms with van der Waals surface area (Å²) in [5.41, 5.74) is 6.65. The van der Waals surface area contributed by atoms with Crippen LogP contribution in [0.25, 0.3) is 21.5 Å². The molecule has 4 aromatic rings. The lowest BCUT2D eigenvalue weighted by Gasteiger charge is -2.16. The molecule has 1 unspecified atom stereocenters. The molecule has 0 bridgehead atoms. The molecule has 5 rings (SSSR count). The van der Waals surface area contributed by atoms with Crippen LogP contribution in [-0.4, -0.2) is 50.3 Å². The van der Waals surface area contributed by atoms with E-state index >= 15 is 0 Å². The number of hydrogen-bond acceptors (Lipinski definition) is 8. The van der Waals surface area contributed by atoms with Gasteiger partial charge in [0.15, 0.2) is 0 Å². The summed E-state index contributed by atoms with van der Waals surface area (Å²) >= 11 is 1.62. The molecule has 1 aromatic carbocycles. The first-order valence-electron chi connectivity index (χ1n) is 10.4. The predicted octanol–water partition coefficient (Wildman–Crippen LogP) is 4.22. The number of imidazole rings is 1. The Kier molecular flexibility index (Phi) is 5.21. The highest BCUT2D eigenvalue weighted by molar-refractivity contribution is 7.16. The fourth-order valence-corrected chi connectivity index (χ4v) is 4.51. The number of nitrogens with zero attached hydrogens (tertiary/aromatic N) is 4. The molecular formula is C22H25N7OS. The van der Waals surface area contributed by atoms with Crippen LogP contribution in [0, 0.1) is 0 Å². The lowest BCUT2D eigenvalue weighted by atomic mass is 10.1. The van der Waals surface area contributed by atoms with E-state index < -0.39 is 0 Å². The average molecular weight is 436 g/mol. The number of nitrogens with one attached hydrogen (secondary N) is 3. The minimum Gasteiger partial charge on any atom is -0.391 e. The van der Waals surface area contributed by atoms with E-state index in [1.165, 1.54) is 0 Å². The number of aliphatic hydroxyl groups is 1. The van der Waals surface area contributed by atoms with E-state index in [0.717, 1.165) is 57.6 Å². The van der Waals surface area contributed by atoms with Crippen molar-refractivity contribution < 1.29 is 5.11 Å². The predicted molar refractivity (Wildman–Crippen MR) is 126 cm³/mol. The molecule has 0 radical (unpaired) electrons. The molecule has 3 aromatic heterocycles. The van der Waals surface area contributed by atoms with E-state index in [9.17, 15) is 5.11 Å². The third-order valence-corrected chi connectivity index (χ3v) is 6.06. The van der Waals surface area contributed by atoms with Gasteiger partial charge in [0.25, 0.3) is 0 Å². The molecule has 31 heavy (non-hydrogen) atoms.